The zero-order valence-electron chi connectivity index (χ0n) is 11.2. The van der Waals surface area contributed by atoms with Gasteiger partial charge in [-0.2, -0.15) is 0 Å². The minimum Gasteiger partial charge on any atom is -0.478 e. The Kier molecular flexibility index (Phi) is 5.48. The third-order valence-corrected chi connectivity index (χ3v) is 3.15. The van der Waals surface area contributed by atoms with Crippen LogP contribution in [0.25, 0.3) is 0 Å². The van der Waals surface area contributed by atoms with Gasteiger partial charge in [0.05, 0.1) is 11.8 Å². The molecular weight excluding hydrogens is 246 g/mol. The average molecular weight is 265 g/mol. The van der Waals surface area contributed by atoms with Gasteiger partial charge in [-0.15, -0.1) is 0 Å². The molecule has 0 aromatic carbocycles. The standard InChI is InChI=1S/C8H9NO2.C6H10O2/c10-7-5-3-1-2-4-6(5)8(11)9-7;1-3-4-5(2)6(7)8/h1,3,5-6H,2,4H2,(H,9,10,11);4H,3H2,1-2H3,(H,7,8). The number of allylic oxidation sites excluding steroid dienone is 2. The van der Waals surface area contributed by atoms with E-state index in [1.807, 2.05) is 19.1 Å². The molecule has 1 saturated heterocycles. The lowest BCUT2D eigenvalue weighted by Crippen LogP contribution is -2.21. The average Bonchev–Trinajstić information content (AvgIpc) is 2.67. The van der Waals surface area contributed by atoms with E-state index in [9.17, 15) is 14.4 Å². The number of carboxylic acid groups (broad SMARTS) is 1. The fraction of sp³-hybridized carbons (Fsp3) is 0.500. The highest BCUT2D eigenvalue weighted by Crippen LogP contribution is 2.28. The van der Waals surface area contributed by atoms with E-state index in [-0.39, 0.29) is 23.7 Å². The molecule has 2 aliphatic rings. The van der Waals surface area contributed by atoms with E-state index in [1.165, 1.54) is 0 Å². The van der Waals surface area contributed by atoms with Crippen LogP contribution in [0.4, 0.5) is 0 Å². The highest BCUT2D eigenvalue weighted by Gasteiger charge is 2.40. The maximum atomic E-state index is 11.1. The van der Waals surface area contributed by atoms with E-state index in [0.717, 1.165) is 19.3 Å². The van der Waals surface area contributed by atoms with Crippen molar-refractivity contribution in [2.45, 2.75) is 33.1 Å². The van der Waals surface area contributed by atoms with Gasteiger partial charge in [-0.1, -0.05) is 25.2 Å². The molecule has 0 saturated carbocycles. The van der Waals surface area contributed by atoms with Crippen molar-refractivity contribution >= 4 is 17.8 Å². The number of carboxylic acids is 1. The van der Waals surface area contributed by atoms with E-state index < -0.39 is 5.97 Å². The lowest BCUT2D eigenvalue weighted by atomic mass is 9.86. The second-order valence-corrected chi connectivity index (χ2v) is 4.59. The molecule has 5 nitrogen and oxygen atoms in total. The summed E-state index contributed by atoms with van der Waals surface area (Å²) in [6, 6.07) is 0. The molecule has 2 rings (SSSR count). The third kappa shape index (κ3) is 4.05. The molecule has 2 atom stereocenters. The number of hydrogen-bond donors (Lipinski definition) is 2. The molecule has 0 aromatic heterocycles. The summed E-state index contributed by atoms with van der Waals surface area (Å²) in [6.45, 7) is 3.50. The van der Waals surface area contributed by atoms with Gasteiger partial charge in [-0.25, -0.2) is 4.79 Å². The van der Waals surface area contributed by atoms with Gasteiger partial charge in [-0.3, -0.25) is 14.9 Å². The van der Waals surface area contributed by atoms with Gasteiger partial charge >= 0.3 is 5.97 Å². The predicted molar refractivity (Wildman–Crippen MR) is 70.2 cm³/mol. The van der Waals surface area contributed by atoms with Crippen molar-refractivity contribution in [3.05, 3.63) is 23.8 Å². The molecule has 1 aliphatic heterocycles. The lowest BCUT2D eigenvalue weighted by Gasteiger charge is -2.14. The first-order valence-electron chi connectivity index (χ1n) is 6.38. The van der Waals surface area contributed by atoms with Crippen molar-refractivity contribution in [1.29, 1.82) is 0 Å². The van der Waals surface area contributed by atoms with Gasteiger partial charge in [-0.05, 0) is 26.2 Å². The second-order valence-electron chi connectivity index (χ2n) is 4.59. The van der Waals surface area contributed by atoms with Crippen LogP contribution in [0, 0.1) is 11.8 Å². The Morgan fingerprint density at radius 2 is 2.16 bits per heavy atom. The zero-order valence-corrected chi connectivity index (χ0v) is 11.2. The Balaban J connectivity index is 0.000000203. The topological polar surface area (TPSA) is 83.5 Å². The first-order chi connectivity index (χ1) is 8.97. The number of fused-ring (bicyclic) bond motifs is 1. The summed E-state index contributed by atoms with van der Waals surface area (Å²) in [5, 5.41) is 10.6. The lowest BCUT2D eigenvalue weighted by molar-refractivity contribution is -0.132. The second kappa shape index (κ2) is 6.87. The van der Waals surface area contributed by atoms with Crippen molar-refractivity contribution in [3.63, 3.8) is 0 Å². The van der Waals surface area contributed by atoms with Crippen LogP contribution in [-0.4, -0.2) is 22.9 Å². The first kappa shape index (κ1) is 15.1. The molecule has 19 heavy (non-hydrogen) atoms. The van der Waals surface area contributed by atoms with Gasteiger partial charge in [0.1, 0.15) is 0 Å². The van der Waals surface area contributed by atoms with E-state index >= 15 is 0 Å². The Morgan fingerprint density at radius 1 is 1.47 bits per heavy atom. The number of carbonyl (C=O) groups is 3. The van der Waals surface area contributed by atoms with Gasteiger partial charge in [0.25, 0.3) is 0 Å². The SMILES string of the molecule is CCC=C(C)C(=O)O.O=C1NC(=O)C2CCC=CC12. The summed E-state index contributed by atoms with van der Waals surface area (Å²) >= 11 is 0. The van der Waals surface area contributed by atoms with E-state index in [4.69, 9.17) is 5.11 Å². The third-order valence-electron chi connectivity index (χ3n) is 3.15. The van der Waals surface area contributed by atoms with Crippen molar-refractivity contribution in [2.75, 3.05) is 0 Å². The van der Waals surface area contributed by atoms with Gasteiger partial charge in [0, 0.05) is 5.57 Å². The van der Waals surface area contributed by atoms with Crippen LogP contribution in [0.2, 0.25) is 0 Å². The Hall–Kier alpha value is -1.91. The quantitative estimate of drug-likeness (QED) is 0.452. The number of hydrogen-bond acceptors (Lipinski definition) is 3. The molecule has 1 heterocycles. The van der Waals surface area contributed by atoms with E-state index in [0.29, 0.717) is 5.57 Å². The van der Waals surface area contributed by atoms with Crippen LogP contribution in [0.15, 0.2) is 23.8 Å². The summed E-state index contributed by atoms with van der Waals surface area (Å²) in [5.41, 5.74) is 0.424. The van der Waals surface area contributed by atoms with Crippen LogP contribution >= 0.6 is 0 Å². The van der Waals surface area contributed by atoms with Crippen molar-refractivity contribution in [2.24, 2.45) is 11.8 Å². The first-order valence-corrected chi connectivity index (χ1v) is 6.38. The van der Waals surface area contributed by atoms with Gasteiger partial charge in [0.15, 0.2) is 0 Å². The Labute approximate surface area is 112 Å². The van der Waals surface area contributed by atoms with E-state index in [1.54, 1.807) is 13.0 Å². The van der Waals surface area contributed by atoms with Crippen molar-refractivity contribution in [3.8, 4) is 0 Å². The minimum atomic E-state index is -0.827. The minimum absolute atomic E-state index is 0.0764. The summed E-state index contributed by atoms with van der Waals surface area (Å²) in [6.07, 6.45) is 8.02. The van der Waals surface area contributed by atoms with Crippen molar-refractivity contribution in [1.82, 2.24) is 5.32 Å². The number of nitrogens with one attached hydrogen (secondary N) is 1. The van der Waals surface area contributed by atoms with Crippen LogP contribution in [0.1, 0.15) is 33.1 Å². The smallest absolute Gasteiger partial charge is 0.330 e. The van der Waals surface area contributed by atoms with Crippen LogP contribution in [0.3, 0.4) is 0 Å². The van der Waals surface area contributed by atoms with Gasteiger partial charge < -0.3 is 5.11 Å². The molecule has 5 heteroatoms. The Morgan fingerprint density at radius 3 is 2.63 bits per heavy atom. The molecule has 2 amide bonds. The summed E-state index contributed by atoms with van der Waals surface area (Å²) in [4.78, 5) is 32.1. The zero-order chi connectivity index (χ0) is 14.4. The highest BCUT2D eigenvalue weighted by atomic mass is 16.4. The molecule has 1 fully saturated rings. The maximum Gasteiger partial charge on any atom is 0.330 e. The molecule has 1 aliphatic carbocycles. The fourth-order valence-electron chi connectivity index (χ4n) is 2.09. The van der Waals surface area contributed by atoms with Crippen LogP contribution in [-0.2, 0) is 14.4 Å². The van der Waals surface area contributed by atoms with Crippen molar-refractivity contribution < 1.29 is 19.5 Å². The summed E-state index contributed by atoms with van der Waals surface area (Å²) in [7, 11) is 0. The normalized spacial score (nSPS) is 25.3. The molecule has 0 bridgehead atoms. The van der Waals surface area contributed by atoms with Crippen LogP contribution in [0.5, 0.6) is 0 Å². The number of rotatable bonds is 2. The largest absolute Gasteiger partial charge is 0.478 e. The van der Waals surface area contributed by atoms with E-state index in [2.05, 4.69) is 5.32 Å². The summed E-state index contributed by atoms with van der Waals surface area (Å²) in [5.74, 6) is -1.30. The molecule has 2 unspecified atom stereocenters. The maximum absolute atomic E-state index is 11.1. The highest BCUT2D eigenvalue weighted by molar-refractivity contribution is 6.06. The Bertz CT molecular complexity index is 437. The molecule has 104 valence electrons. The number of imide groups is 1. The summed E-state index contributed by atoms with van der Waals surface area (Å²) < 4.78 is 0. The monoisotopic (exact) mass is 265 g/mol. The molecule has 0 aromatic rings. The number of carbonyl (C=O) groups excluding carboxylic acids is 2. The molecule has 0 spiro atoms. The van der Waals surface area contributed by atoms with Gasteiger partial charge in [0.2, 0.25) is 11.8 Å². The number of amides is 2. The molecule has 2 N–H and O–H groups in total. The van der Waals surface area contributed by atoms with Crippen LogP contribution < -0.4 is 5.32 Å². The molecule has 0 radical (unpaired) electrons. The molecular formula is C14H19NO4. The fourth-order valence-corrected chi connectivity index (χ4v) is 2.09. The predicted octanol–water partition coefficient (Wildman–Crippen LogP) is 1.65. The number of aliphatic carboxylic acids is 1.